The largest absolute Gasteiger partial charge is 0.475 e. The highest BCUT2D eigenvalue weighted by molar-refractivity contribution is 5.85. The maximum atomic E-state index is 10.8. The van der Waals surface area contributed by atoms with Crippen LogP contribution >= 0.6 is 0 Å². The standard InChI is InChI=1S/C10H15NO6/c1-14-3-4-16-6-8-11-7(5-15-2)9(17-8)10(12)13/h3-6H2,1-2H3,(H,12,13). The van der Waals surface area contributed by atoms with Crippen molar-refractivity contribution in [3.05, 3.63) is 17.3 Å². The Kier molecular flexibility index (Phi) is 5.61. The molecule has 1 aromatic heterocycles. The molecule has 1 heterocycles. The molecule has 96 valence electrons. The fourth-order valence-corrected chi connectivity index (χ4v) is 1.17. The maximum Gasteiger partial charge on any atom is 0.373 e. The highest BCUT2D eigenvalue weighted by Crippen LogP contribution is 2.13. The quantitative estimate of drug-likeness (QED) is 0.673. The van der Waals surface area contributed by atoms with Gasteiger partial charge in [0.05, 0.1) is 19.8 Å². The van der Waals surface area contributed by atoms with Crippen LogP contribution in [0.25, 0.3) is 0 Å². The lowest BCUT2D eigenvalue weighted by atomic mass is 10.3. The van der Waals surface area contributed by atoms with E-state index in [1.54, 1.807) is 7.11 Å². The lowest BCUT2D eigenvalue weighted by Gasteiger charge is -1.98. The van der Waals surface area contributed by atoms with Gasteiger partial charge in [-0.15, -0.1) is 0 Å². The van der Waals surface area contributed by atoms with Gasteiger partial charge in [0.1, 0.15) is 12.3 Å². The molecule has 0 aliphatic heterocycles. The van der Waals surface area contributed by atoms with Gasteiger partial charge in [0.25, 0.3) is 0 Å². The zero-order chi connectivity index (χ0) is 12.7. The molecule has 0 radical (unpaired) electrons. The van der Waals surface area contributed by atoms with E-state index in [9.17, 15) is 4.79 Å². The van der Waals surface area contributed by atoms with Crippen LogP contribution in [0.4, 0.5) is 0 Å². The number of oxazole rings is 1. The molecule has 0 saturated heterocycles. The number of aromatic nitrogens is 1. The van der Waals surface area contributed by atoms with E-state index in [0.717, 1.165) is 0 Å². The number of ether oxygens (including phenoxy) is 3. The van der Waals surface area contributed by atoms with Crippen molar-refractivity contribution in [1.82, 2.24) is 4.98 Å². The molecule has 0 aliphatic rings. The summed E-state index contributed by atoms with van der Waals surface area (Å²) in [5.41, 5.74) is 0.255. The summed E-state index contributed by atoms with van der Waals surface area (Å²) in [4.78, 5) is 14.8. The summed E-state index contributed by atoms with van der Waals surface area (Å²) in [6, 6.07) is 0. The molecule has 0 aliphatic carbocycles. The second kappa shape index (κ2) is 7.00. The summed E-state index contributed by atoms with van der Waals surface area (Å²) in [5, 5.41) is 8.87. The second-order valence-corrected chi connectivity index (χ2v) is 3.17. The van der Waals surface area contributed by atoms with Gasteiger partial charge in [0.2, 0.25) is 11.7 Å². The average molecular weight is 245 g/mol. The number of nitrogens with zero attached hydrogens (tertiary/aromatic N) is 1. The Morgan fingerprint density at radius 2 is 2.06 bits per heavy atom. The first-order valence-electron chi connectivity index (χ1n) is 4.96. The smallest absolute Gasteiger partial charge is 0.373 e. The fourth-order valence-electron chi connectivity index (χ4n) is 1.17. The molecule has 7 heteroatoms. The third-order valence-electron chi connectivity index (χ3n) is 1.87. The summed E-state index contributed by atoms with van der Waals surface area (Å²) in [6.45, 7) is 1.04. The van der Waals surface area contributed by atoms with E-state index in [-0.39, 0.29) is 30.6 Å². The monoisotopic (exact) mass is 245 g/mol. The molecular weight excluding hydrogens is 230 g/mol. The molecule has 0 bridgehead atoms. The number of carboxylic acid groups (broad SMARTS) is 1. The molecule has 0 spiro atoms. The molecule has 0 fully saturated rings. The number of carboxylic acids is 1. The van der Waals surface area contributed by atoms with Gasteiger partial charge in [-0.25, -0.2) is 9.78 Å². The number of aromatic carboxylic acids is 1. The van der Waals surface area contributed by atoms with Gasteiger partial charge in [-0.2, -0.15) is 0 Å². The molecule has 1 rings (SSSR count). The SMILES string of the molecule is COCCOCc1nc(COC)c(C(=O)O)o1. The minimum atomic E-state index is -1.17. The highest BCUT2D eigenvalue weighted by atomic mass is 16.5. The highest BCUT2D eigenvalue weighted by Gasteiger charge is 2.19. The zero-order valence-electron chi connectivity index (χ0n) is 9.76. The normalized spacial score (nSPS) is 10.7. The minimum absolute atomic E-state index is 0.0865. The number of hydrogen-bond acceptors (Lipinski definition) is 6. The van der Waals surface area contributed by atoms with E-state index in [2.05, 4.69) is 4.98 Å². The predicted octanol–water partition coefficient (Wildman–Crippen LogP) is 0.682. The van der Waals surface area contributed by atoms with Gasteiger partial charge < -0.3 is 23.7 Å². The van der Waals surface area contributed by atoms with Crippen molar-refractivity contribution in [1.29, 1.82) is 0 Å². The van der Waals surface area contributed by atoms with Crippen LogP contribution in [0, 0.1) is 0 Å². The third-order valence-corrected chi connectivity index (χ3v) is 1.87. The molecule has 0 aromatic carbocycles. The topological polar surface area (TPSA) is 91.0 Å². The molecular formula is C10H15NO6. The summed E-state index contributed by atoms with van der Waals surface area (Å²) >= 11 is 0. The van der Waals surface area contributed by atoms with Crippen molar-refractivity contribution in [3.8, 4) is 0 Å². The molecule has 0 atom stereocenters. The predicted molar refractivity (Wildman–Crippen MR) is 55.7 cm³/mol. The molecule has 7 nitrogen and oxygen atoms in total. The van der Waals surface area contributed by atoms with Gasteiger partial charge in [0, 0.05) is 14.2 Å². The maximum absolute atomic E-state index is 10.8. The van der Waals surface area contributed by atoms with E-state index in [4.69, 9.17) is 23.7 Å². The lowest BCUT2D eigenvalue weighted by molar-refractivity contribution is 0.0494. The Morgan fingerprint density at radius 1 is 1.29 bits per heavy atom. The van der Waals surface area contributed by atoms with Crippen LogP contribution in [-0.2, 0) is 27.4 Å². The summed E-state index contributed by atoms with van der Waals surface area (Å²) in [7, 11) is 3.02. The van der Waals surface area contributed by atoms with E-state index >= 15 is 0 Å². The van der Waals surface area contributed by atoms with E-state index < -0.39 is 5.97 Å². The first-order valence-corrected chi connectivity index (χ1v) is 4.96. The van der Waals surface area contributed by atoms with Crippen LogP contribution in [-0.4, -0.2) is 43.5 Å². The van der Waals surface area contributed by atoms with Crippen LogP contribution in [0.2, 0.25) is 0 Å². The van der Waals surface area contributed by atoms with Crippen LogP contribution in [0.1, 0.15) is 22.1 Å². The first-order chi connectivity index (χ1) is 8.19. The Balaban J connectivity index is 2.61. The van der Waals surface area contributed by atoms with Gasteiger partial charge in [0.15, 0.2) is 0 Å². The zero-order valence-corrected chi connectivity index (χ0v) is 9.76. The third kappa shape index (κ3) is 4.14. The summed E-state index contributed by atoms with van der Waals surface area (Å²) < 4.78 is 19.8. The Morgan fingerprint density at radius 3 is 2.65 bits per heavy atom. The summed E-state index contributed by atoms with van der Waals surface area (Å²) in [6.07, 6.45) is 0. The van der Waals surface area contributed by atoms with Crippen LogP contribution in [0.3, 0.4) is 0 Å². The van der Waals surface area contributed by atoms with Crippen LogP contribution in [0.5, 0.6) is 0 Å². The Bertz CT molecular complexity index is 362. The van der Waals surface area contributed by atoms with Crippen molar-refractivity contribution >= 4 is 5.97 Å². The lowest BCUT2D eigenvalue weighted by Crippen LogP contribution is -2.02. The van der Waals surface area contributed by atoms with E-state index in [1.807, 2.05) is 0 Å². The molecule has 17 heavy (non-hydrogen) atoms. The average Bonchev–Trinajstić information content (AvgIpc) is 2.68. The Labute approximate surface area is 98.3 Å². The van der Waals surface area contributed by atoms with Crippen LogP contribution in [0.15, 0.2) is 4.42 Å². The molecule has 0 amide bonds. The van der Waals surface area contributed by atoms with E-state index in [0.29, 0.717) is 13.2 Å². The van der Waals surface area contributed by atoms with Gasteiger partial charge >= 0.3 is 5.97 Å². The second-order valence-electron chi connectivity index (χ2n) is 3.17. The van der Waals surface area contributed by atoms with Crippen molar-refractivity contribution in [2.75, 3.05) is 27.4 Å². The number of rotatable bonds is 8. The van der Waals surface area contributed by atoms with Gasteiger partial charge in [-0.05, 0) is 0 Å². The van der Waals surface area contributed by atoms with Crippen molar-refractivity contribution in [3.63, 3.8) is 0 Å². The van der Waals surface area contributed by atoms with Crippen molar-refractivity contribution < 1.29 is 28.5 Å². The van der Waals surface area contributed by atoms with Gasteiger partial charge in [-0.1, -0.05) is 0 Å². The van der Waals surface area contributed by atoms with Gasteiger partial charge in [-0.3, -0.25) is 0 Å². The van der Waals surface area contributed by atoms with Crippen molar-refractivity contribution in [2.45, 2.75) is 13.2 Å². The fraction of sp³-hybridized carbons (Fsp3) is 0.600. The minimum Gasteiger partial charge on any atom is -0.475 e. The summed E-state index contributed by atoms with van der Waals surface area (Å²) in [5.74, 6) is -1.17. The van der Waals surface area contributed by atoms with E-state index in [1.165, 1.54) is 7.11 Å². The molecule has 1 N–H and O–H groups in total. The van der Waals surface area contributed by atoms with Crippen molar-refractivity contribution in [2.24, 2.45) is 0 Å². The molecule has 1 aromatic rings. The number of methoxy groups -OCH3 is 2. The number of hydrogen-bond donors (Lipinski definition) is 1. The number of carbonyl (C=O) groups is 1. The molecule has 0 unspecified atom stereocenters. The first kappa shape index (κ1) is 13.6. The Hall–Kier alpha value is -1.44. The van der Waals surface area contributed by atoms with Crippen LogP contribution < -0.4 is 0 Å². The molecule has 0 saturated carbocycles.